The Bertz CT molecular complexity index is 537. The van der Waals surface area contributed by atoms with E-state index >= 15 is 0 Å². The summed E-state index contributed by atoms with van der Waals surface area (Å²) >= 11 is 0. The van der Waals surface area contributed by atoms with E-state index < -0.39 is 0 Å². The molecule has 1 aromatic rings. The maximum atomic E-state index is 12.0. The van der Waals surface area contributed by atoms with Crippen molar-refractivity contribution in [2.45, 2.75) is 26.7 Å². The van der Waals surface area contributed by atoms with Gasteiger partial charge in [-0.3, -0.25) is 0 Å². The van der Waals surface area contributed by atoms with Crippen LogP contribution in [0.4, 0.5) is 10.5 Å². The van der Waals surface area contributed by atoms with E-state index in [-0.39, 0.29) is 12.0 Å². The number of piperazine rings is 1. The molecule has 1 aliphatic rings. The molecule has 0 aliphatic carbocycles. The number of hydrogen-bond acceptors (Lipinski definition) is 4. The van der Waals surface area contributed by atoms with Crippen LogP contribution in [0.25, 0.3) is 0 Å². The van der Waals surface area contributed by atoms with E-state index in [2.05, 4.69) is 17.1 Å². The highest BCUT2D eigenvalue weighted by molar-refractivity contribution is 5.89. The number of carbonyl (C=O) groups is 2. The van der Waals surface area contributed by atoms with Gasteiger partial charge in [-0.05, 0) is 37.6 Å². The van der Waals surface area contributed by atoms with Crippen LogP contribution < -0.4 is 10.2 Å². The van der Waals surface area contributed by atoms with E-state index in [9.17, 15) is 9.59 Å². The average Bonchev–Trinajstić information content (AvgIpc) is 2.62. The summed E-state index contributed by atoms with van der Waals surface area (Å²) in [5.41, 5.74) is 1.63. The third kappa shape index (κ3) is 4.88. The Kier molecular flexibility index (Phi) is 6.90. The fourth-order valence-electron chi connectivity index (χ4n) is 2.67. The van der Waals surface area contributed by atoms with E-state index in [1.165, 1.54) is 0 Å². The van der Waals surface area contributed by atoms with Gasteiger partial charge in [0.1, 0.15) is 0 Å². The Morgan fingerprint density at radius 2 is 1.75 bits per heavy atom. The summed E-state index contributed by atoms with van der Waals surface area (Å²) < 4.78 is 4.99. The molecule has 2 rings (SSSR count). The lowest BCUT2D eigenvalue weighted by molar-refractivity contribution is 0.0526. The third-order valence-corrected chi connectivity index (χ3v) is 4.12. The smallest absolute Gasteiger partial charge is 0.338 e. The monoisotopic (exact) mass is 333 g/mol. The molecule has 0 radical (unpaired) electrons. The molecule has 0 unspecified atom stereocenters. The lowest BCUT2D eigenvalue weighted by Gasteiger charge is -2.36. The summed E-state index contributed by atoms with van der Waals surface area (Å²) in [5, 5.41) is 2.96. The van der Waals surface area contributed by atoms with E-state index in [4.69, 9.17) is 4.74 Å². The lowest BCUT2D eigenvalue weighted by atomic mass is 10.2. The van der Waals surface area contributed by atoms with Crippen LogP contribution in [0.1, 0.15) is 37.0 Å². The summed E-state index contributed by atoms with van der Waals surface area (Å²) in [7, 11) is 0. The Balaban J connectivity index is 1.83. The normalized spacial score (nSPS) is 14.4. The Labute approximate surface area is 143 Å². The number of nitrogens with one attached hydrogen (secondary N) is 1. The zero-order valence-corrected chi connectivity index (χ0v) is 14.6. The number of benzene rings is 1. The van der Waals surface area contributed by atoms with Gasteiger partial charge in [-0.2, -0.15) is 0 Å². The standard InChI is InChI=1S/C18H27N3O3/c1-3-5-10-19-18(23)21-13-11-20(12-14-21)16-8-6-15(7-9-16)17(22)24-4-2/h6-9H,3-5,10-14H2,1-2H3,(H,19,23). The minimum Gasteiger partial charge on any atom is -0.462 e. The first-order chi connectivity index (χ1) is 11.7. The number of nitrogens with zero attached hydrogens (tertiary/aromatic N) is 2. The van der Waals surface area contributed by atoms with Crippen LogP contribution in [0.5, 0.6) is 0 Å². The molecule has 0 saturated carbocycles. The van der Waals surface area contributed by atoms with Crippen LogP contribution in [-0.2, 0) is 4.74 Å². The van der Waals surface area contributed by atoms with Crippen LogP contribution in [-0.4, -0.2) is 56.2 Å². The van der Waals surface area contributed by atoms with Gasteiger partial charge in [0.15, 0.2) is 0 Å². The van der Waals surface area contributed by atoms with Crippen molar-refractivity contribution in [3.05, 3.63) is 29.8 Å². The Morgan fingerprint density at radius 1 is 1.08 bits per heavy atom. The predicted octanol–water partition coefficient (Wildman–Crippen LogP) is 2.50. The predicted molar refractivity (Wildman–Crippen MR) is 94.5 cm³/mol. The molecule has 6 nitrogen and oxygen atoms in total. The molecule has 2 amide bonds. The van der Waals surface area contributed by atoms with Gasteiger partial charge in [-0.15, -0.1) is 0 Å². The van der Waals surface area contributed by atoms with Gasteiger partial charge in [0.2, 0.25) is 0 Å². The van der Waals surface area contributed by atoms with E-state index in [1.54, 1.807) is 19.1 Å². The number of hydrogen-bond donors (Lipinski definition) is 1. The molecule has 1 aliphatic heterocycles. The number of rotatable bonds is 6. The number of esters is 1. The molecule has 132 valence electrons. The zero-order chi connectivity index (χ0) is 17.4. The van der Waals surface area contributed by atoms with Crippen LogP contribution in [0, 0.1) is 0 Å². The Morgan fingerprint density at radius 3 is 2.33 bits per heavy atom. The van der Waals surface area contributed by atoms with E-state index in [0.717, 1.165) is 38.2 Å². The highest BCUT2D eigenvalue weighted by Gasteiger charge is 2.21. The molecule has 24 heavy (non-hydrogen) atoms. The van der Waals surface area contributed by atoms with Crippen molar-refractivity contribution >= 4 is 17.7 Å². The number of unbranched alkanes of at least 4 members (excludes halogenated alkanes) is 1. The maximum Gasteiger partial charge on any atom is 0.338 e. The molecule has 0 bridgehead atoms. The molecule has 0 spiro atoms. The number of ether oxygens (including phenoxy) is 1. The summed E-state index contributed by atoms with van der Waals surface area (Å²) in [6.07, 6.45) is 2.09. The van der Waals surface area contributed by atoms with E-state index in [0.29, 0.717) is 25.3 Å². The van der Waals surface area contributed by atoms with Gasteiger partial charge >= 0.3 is 12.0 Å². The fourth-order valence-corrected chi connectivity index (χ4v) is 2.67. The maximum absolute atomic E-state index is 12.0. The lowest BCUT2D eigenvalue weighted by Crippen LogP contribution is -2.52. The molecule has 1 N–H and O–H groups in total. The van der Waals surface area contributed by atoms with Crippen molar-refractivity contribution < 1.29 is 14.3 Å². The first kappa shape index (κ1) is 18.1. The summed E-state index contributed by atoms with van der Waals surface area (Å²) in [4.78, 5) is 27.8. The van der Waals surface area contributed by atoms with Crippen LogP contribution in [0.15, 0.2) is 24.3 Å². The largest absolute Gasteiger partial charge is 0.462 e. The van der Waals surface area contributed by atoms with Gasteiger partial charge < -0.3 is 19.9 Å². The molecule has 1 aromatic carbocycles. The quantitative estimate of drug-likeness (QED) is 0.642. The topological polar surface area (TPSA) is 61.9 Å². The fraction of sp³-hybridized carbons (Fsp3) is 0.556. The minimum absolute atomic E-state index is 0.0285. The van der Waals surface area contributed by atoms with Crippen molar-refractivity contribution in [3.8, 4) is 0 Å². The molecule has 0 atom stereocenters. The highest BCUT2D eigenvalue weighted by Crippen LogP contribution is 2.18. The number of carbonyl (C=O) groups excluding carboxylic acids is 2. The van der Waals surface area contributed by atoms with E-state index in [1.807, 2.05) is 17.0 Å². The molecule has 1 fully saturated rings. The highest BCUT2D eigenvalue weighted by atomic mass is 16.5. The molecule has 0 aromatic heterocycles. The zero-order valence-electron chi connectivity index (χ0n) is 14.6. The van der Waals surface area contributed by atoms with Gasteiger partial charge in [0.25, 0.3) is 0 Å². The SMILES string of the molecule is CCCCNC(=O)N1CCN(c2ccc(C(=O)OCC)cc2)CC1. The van der Waals surface area contributed by atoms with Gasteiger partial charge in [0.05, 0.1) is 12.2 Å². The van der Waals surface area contributed by atoms with Gasteiger partial charge in [-0.25, -0.2) is 9.59 Å². The van der Waals surface area contributed by atoms with Crippen molar-refractivity contribution in [1.82, 2.24) is 10.2 Å². The third-order valence-electron chi connectivity index (χ3n) is 4.12. The van der Waals surface area contributed by atoms with Gasteiger partial charge in [0, 0.05) is 38.4 Å². The second kappa shape index (κ2) is 9.15. The van der Waals surface area contributed by atoms with Crippen molar-refractivity contribution in [3.63, 3.8) is 0 Å². The summed E-state index contributed by atoms with van der Waals surface area (Å²) in [6.45, 7) is 8.02. The first-order valence-corrected chi connectivity index (χ1v) is 8.70. The van der Waals surface area contributed by atoms with Crippen molar-refractivity contribution in [1.29, 1.82) is 0 Å². The van der Waals surface area contributed by atoms with Gasteiger partial charge in [-0.1, -0.05) is 13.3 Å². The van der Waals surface area contributed by atoms with Crippen LogP contribution >= 0.6 is 0 Å². The second-order valence-corrected chi connectivity index (χ2v) is 5.83. The second-order valence-electron chi connectivity index (χ2n) is 5.83. The number of urea groups is 1. The number of amides is 2. The number of anilines is 1. The van der Waals surface area contributed by atoms with Crippen molar-refractivity contribution in [2.24, 2.45) is 0 Å². The summed E-state index contributed by atoms with van der Waals surface area (Å²) in [5.74, 6) is -0.294. The minimum atomic E-state index is -0.294. The van der Waals surface area contributed by atoms with Crippen molar-refractivity contribution in [2.75, 3.05) is 44.2 Å². The summed E-state index contributed by atoms with van der Waals surface area (Å²) in [6, 6.07) is 7.47. The molecule has 1 saturated heterocycles. The van der Waals surface area contributed by atoms with Crippen LogP contribution in [0.2, 0.25) is 0 Å². The van der Waals surface area contributed by atoms with Crippen LogP contribution in [0.3, 0.4) is 0 Å². The average molecular weight is 333 g/mol. The first-order valence-electron chi connectivity index (χ1n) is 8.70. The molecule has 1 heterocycles. The molecular formula is C18H27N3O3. The molecular weight excluding hydrogens is 306 g/mol. The Hall–Kier alpha value is -2.24. The molecule has 6 heteroatoms.